The number of thioether (sulfide) groups is 1. The molecule has 2 N–H and O–H groups in total. The van der Waals surface area contributed by atoms with Crippen molar-refractivity contribution >= 4 is 29.3 Å². The molecule has 8 nitrogen and oxygen atoms in total. The van der Waals surface area contributed by atoms with Gasteiger partial charge in [0.25, 0.3) is 0 Å². The van der Waals surface area contributed by atoms with Crippen molar-refractivity contribution in [1.29, 1.82) is 0 Å². The number of amides is 1. The zero-order valence-corrected chi connectivity index (χ0v) is 18.4. The van der Waals surface area contributed by atoms with Gasteiger partial charge in [-0.05, 0) is 29.3 Å². The molecule has 0 saturated carbocycles. The zero-order chi connectivity index (χ0) is 22.6. The summed E-state index contributed by atoms with van der Waals surface area (Å²) < 4.78 is 1.76. The molecule has 2 unspecified atom stereocenters. The van der Waals surface area contributed by atoms with Gasteiger partial charge >= 0.3 is 0 Å². The van der Waals surface area contributed by atoms with E-state index in [0.717, 1.165) is 11.3 Å². The molecular weight excluding hydrogens is 434 g/mol. The van der Waals surface area contributed by atoms with Gasteiger partial charge in [-0.15, -0.1) is 5.10 Å². The van der Waals surface area contributed by atoms with Crippen molar-refractivity contribution in [2.45, 2.75) is 17.0 Å². The van der Waals surface area contributed by atoms with Gasteiger partial charge in [0, 0.05) is 30.0 Å². The van der Waals surface area contributed by atoms with Gasteiger partial charge in [0.1, 0.15) is 5.92 Å². The minimum absolute atomic E-state index is 0.214. The highest BCUT2D eigenvalue weighted by Gasteiger charge is 2.40. The molecule has 1 amide bonds. The number of carbonyl (C=O) groups is 1. The maximum Gasteiger partial charge on any atom is 0.236 e. The summed E-state index contributed by atoms with van der Waals surface area (Å²) in [5, 5.41) is 11.5. The predicted octanol–water partition coefficient (Wildman–Crippen LogP) is 4.14. The Kier molecular flexibility index (Phi) is 5.86. The van der Waals surface area contributed by atoms with Crippen LogP contribution in [0.5, 0.6) is 0 Å². The Morgan fingerprint density at radius 3 is 2.58 bits per heavy atom. The monoisotopic (exact) mass is 455 g/mol. The van der Waals surface area contributed by atoms with Gasteiger partial charge in [0.15, 0.2) is 0 Å². The van der Waals surface area contributed by atoms with Crippen LogP contribution in [0.2, 0.25) is 0 Å². The molecule has 33 heavy (non-hydrogen) atoms. The van der Waals surface area contributed by atoms with Gasteiger partial charge in [-0.25, -0.2) is 4.68 Å². The van der Waals surface area contributed by atoms with Crippen LogP contribution in [0, 0.1) is 5.92 Å². The molecule has 1 aromatic carbocycles. The Morgan fingerprint density at radius 1 is 1.06 bits per heavy atom. The summed E-state index contributed by atoms with van der Waals surface area (Å²) in [6.07, 6.45) is 6.71. The standard InChI is InChI=1S/C24H21N7OS/c1-16-20(22(32)28-19-10-6-12-26-14-19)21(18-9-5-11-25-13-18)31-23(27-16)29-24(30-31)33-15-17-7-3-2-4-8-17/h2-14,20-21H,1,15H2,(H,28,32)(H,27,29,30). The summed E-state index contributed by atoms with van der Waals surface area (Å²) in [4.78, 5) is 26.3. The molecule has 0 saturated heterocycles. The van der Waals surface area contributed by atoms with E-state index in [1.165, 1.54) is 5.56 Å². The van der Waals surface area contributed by atoms with Crippen LogP contribution in [0.15, 0.2) is 96.8 Å². The lowest BCUT2D eigenvalue weighted by atomic mass is 9.89. The molecule has 0 fully saturated rings. The van der Waals surface area contributed by atoms with Gasteiger partial charge < -0.3 is 10.6 Å². The number of nitrogens with zero attached hydrogens (tertiary/aromatic N) is 5. The minimum atomic E-state index is -0.629. The number of pyridine rings is 2. The second-order valence-electron chi connectivity index (χ2n) is 7.53. The first-order chi connectivity index (χ1) is 16.2. The van der Waals surface area contributed by atoms with Crippen molar-refractivity contribution in [3.8, 4) is 0 Å². The summed E-state index contributed by atoms with van der Waals surface area (Å²) >= 11 is 1.54. The van der Waals surface area contributed by atoms with Crippen LogP contribution in [0.3, 0.4) is 0 Å². The SMILES string of the molecule is C=C1Nc2nc(SCc3ccccc3)nn2C(c2cccnc2)C1C(=O)Nc1cccnc1. The number of nitrogens with one attached hydrogen (secondary N) is 2. The highest BCUT2D eigenvalue weighted by atomic mass is 32.2. The van der Waals surface area contributed by atoms with Crippen molar-refractivity contribution in [1.82, 2.24) is 24.7 Å². The predicted molar refractivity (Wildman–Crippen MR) is 128 cm³/mol. The third kappa shape index (κ3) is 4.49. The Labute approximate surface area is 195 Å². The van der Waals surface area contributed by atoms with Crippen LogP contribution in [-0.2, 0) is 10.5 Å². The lowest BCUT2D eigenvalue weighted by Crippen LogP contribution is -2.39. The Morgan fingerprint density at radius 2 is 1.85 bits per heavy atom. The third-order valence-corrected chi connectivity index (χ3v) is 6.20. The van der Waals surface area contributed by atoms with Crippen LogP contribution in [-0.4, -0.2) is 30.6 Å². The highest BCUT2D eigenvalue weighted by molar-refractivity contribution is 7.98. The van der Waals surface area contributed by atoms with Crippen LogP contribution in [0.25, 0.3) is 0 Å². The molecule has 164 valence electrons. The van der Waals surface area contributed by atoms with E-state index in [-0.39, 0.29) is 5.91 Å². The molecule has 0 radical (unpaired) electrons. The molecule has 5 rings (SSSR count). The van der Waals surface area contributed by atoms with Crippen LogP contribution >= 0.6 is 11.8 Å². The molecule has 0 aliphatic carbocycles. The number of hydrogen-bond acceptors (Lipinski definition) is 7. The lowest BCUT2D eigenvalue weighted by Gasteiger charge is -2.33. The number of rotatable bonds is 6. The molecule has 3 aromatic heterocycles. The third-order valence-electron chi connectivity index (χ3n) is 5.29. The van der Waals surface area contributed by atoms with E-state index in [2.05, 4.69) is 44.3 Å². The van der Waals surface area contributed by atoms with Gasteiger partial charge in [-0.3, -0.25) is 14.8 Å². The van der Waals surface area contributed by atoms with Crippen LogP contribution < -0.4 is 10.6 Å². The number of anilines is 2. The molecule has 4 heterocycles. The first-order valence-corrected chi connectivity index (χ1v) is 11.4. The van der Waals surface area contributed by atoms with E-state index in [1.54, 1.807) is 53.4 Å². The second kappa shape index (κ2) is 9.25. The van der Waals surface area contributed by atoms with Crippen molar-refractivity contribution in [2.75, 3.05) is 10.6 Å². The number of aromatic nitrogens is 5. The summed E-state index contributed by atoms with van der Waals surface area (Å²) in [5.74, 6) is 0.452. The number of benzene rings is 1. The molecule has 0 spiro atoms. The van der Waals surface area contributed by atoms with E-state index < -0.39 is 12.0 Å². The van der Waals surface area contributed by atoms with Crippen molar-refractivity contribution in [2.24, 2.45) is 5.92 Å². The van der Waals surface area contributed by atoms with Gasteiger partial charge in [0.2, 0.25) is 17.0 Å². The lowest BCUT2D eigenvalue weighted by molar-refractivity contribution is -0.119. The average molecular weight is 456 g/mol. The van der Waals surface area contributed by atoms with Gasteiger partial charge in [0.05, 0.1) is 17.9 Å². The Balaban J connectivity index is 1.47. The van der Waals surface area contributed by atoms with Gasteiger partial charge in [-0.1, -0.05) is 54.7 Å². The normalized spacial score (nSPS) is 17.2. The van der Waals surface area contributed by atoms with E-state index in [9.17, 15) is 4.79 Å². The first kappa shape index (κ1) is 20.9. The molecule has 0 bridgehead atoms. The zero-order valence-electron chi connectivity index (χ0n) is 17.6. The van der Waals surface area contributed by atoms with E-state index >= 15 is 0 Å². The molecule has 1 aliphatic heterocycles. The molecular formula is C24H21N7OS. The molecule has 1 aliphatic rings. The fourth-order valence-corrected chi connectivity index (χ4v) is 4.55. The quantitative estimate of drug-likeness (QED) is 0.422. The summed E-state index contributed by atoms with van der Waals surface area (Å²) in [6.45, 7) is 4.14. The molecule has 2 atom stereocenters. The van der Waals surface area contributed by atoms with E-state index in [0.29, 0.717) is 22.5 Å². The smallest absolute Gasteiger partial charge is 0.236 e. The van der Waals surface area contributed by atoms with E-state index in [4.69, 9.17) is 5.10 Å². The molecule has 4 aromatic rings. The fraction of sp³-hybridized carbons (Fsp3) is 0.125. The first-order valence-electron chi connectivity index (χ1n) is 10.4. The van der Waals surface area contributed by atoms with Crippen molar-refractivity contribution in [3.05, 3.63) is 103 Å². The number of hydrogen-bond donors (Lipinski definition) is 2. The highest BCUT2D eigenvalue weighted by Crippen LogP contribution is 2.39. The summed E-state index contributed by atoms with van der Waals surface area (Å²) in [7, 11) is 0. The van der Waals surface area contributed by atoms with Crippen molar-refractivity contribution in [3.63, 3.8) is 0 Å². The summed E-state index contributed by atoms with van der Waals surface area (Å²) in [6, 6.07) is 17.1. The largest absolute Gasteiger partial charge is 0.328 e. The average Bonchev–Trinajstić information content (AvgIpc) is 3.26. The van der Waals surface area contributed by atoms with Crippen LogP contribution in [0.4, 0.5) is 11.6 Å². The van der Waals surface area contributed by atoms with Gasteiger partial charge in [-0.2, -0.15) is 4.98 Å². The van der Waals surface area contributed by atoms with Crippen molar-refractivity contribution < 1.29 is 4.79 Å². The summed E-state index contributed by atoms with van der Waals surface area (Å²) in [5.41, 5.74) is 3.19. The van der Waals surface area contributed by atoms with Crippen LogP contribution in [0.1, 0.15) is 17.2 Å². The maximum atomic E-state index is 13.4. The molecule has 9 heteroatoms. The minimum Gasteiger partial charge on any atom is -0.328 e. The van der Waals surface area contributed by atoms with E-state index in [1.807, 2.05) is 30.3 Å². The second-order valence-corrected chi connectivity index (χ2v) is 8.47. The number of carbonyl (C=O) groups excluding carboxylic acids is 1. The Hall–Kier alpha value is -3.98. The Bertz CT molecular complexity index is 1260. The maximum absolute atomic E-state index is 13.4. The number of fused-ring (bicyclic) bond motifs is 1. The topological polar surface area (TPSA) is 97.6 Å². The fourth-order valence-electron chi connectivity index (χ4n) is 3.76.